The van der Waals surface area contributed by atoms with E-state index < -0.39 is 6.10 Å². The standard InChI is InChI=1S/C15H23NO3/c1-4-11(2)14(17)9-16-15(18)13-8-6-5-7-12(13)10-19-3/h5-8,11,14,17H,4,9-10H2,1-3H3,(H,16,18). The molecule has 0 saturated carbocycles. The zero-order valence-corrected chi connectivity index (χ0v) is 11.8. The van der Waals surface area contributed by atoms with E-state index in [0.717, 1.165) is 12.0 Å². The summed E-state index contributed by atoms with van der Waals surface area (Å²) in [5.41, 5.74) is 1.45. The minimum atomic E-state index is -0.511. The van der Waals surface area contributed by atoms with Gasteiger partial charge < -0.3 is 15.2 Å². The predicted octanol–water partition coefficient (Wildman–Crippen LogP) is 1.97. The Bertz CT molecular complexity index is 406. The van der Waals surface area contributed by atoms with Crippen LogP contribution in [-0.2, 0) is 11.3 Å². The lowest BCUT2D eigenvalue weighted by Gasteiger charge is -2.18. The minimum absolute atomic E-state index is 0.171. The van der Waals surface area contributed by atoms with Gasteiger partial charge in [-0.1, -0.05) is 38.5 Å². The molecular weight excluding hydrogens is 242 g/mol. The first-order chi connectivity index (χ1) is 9.10. The normalized spacial score (nSPS) is 13.9. The molecule has 0 aliphatic heterocycles. The van der Waals surface area contributed by atoms with E-state index in [4.69, 9.17) is 4.74 Å². The van der Waals surface area contributed by atoms with Crippen molar-refractivity contribution in [3.8, 4) is 0 Å². The summed E-state index contributed by atoms with van der Waals surface area (Å²) >= 11 is 0. The Morgan fingerprint density at radius 2 is 2.11 bits per heavy atom. The fourth-order valence-electron chi connectivity index (χ4n) is 1.79. The van der Waals surface area contributed by atoms with Gasteiger partial charge >= 0.3 is 0 Å². The summed E-state index contributed by atoms with van der Waals surface area (Å²) in [6.45, 7) is 4.66. The van der Waals surface area contributed by atoms with Crippen LogP contribution >= 0.6 is 0 Å². The summed E-state index contributed by atoms with van der Waals surface area (Å²) in [5.74, 6) is 0.00419. The third kappa shape index (κ3) is 4.65. The SMILES string of the molecule is CCC(C)C(O)CNC(=O)c1ccccc1COC. The molecule has 0 aliphatic carbocycles. The summed E-state index contributed by atoms with van der Waals surface area (Å²) in [7, 11) is 1.60. The van der Waals surface area contributed by atoms with E-state index in [0.29, 0.717) is 12.2 Å². The quantitative estimate of drug-likeness (QED) is 0.792. The first-order valence-electron chi connectivity index (χ1n) is 6.63. The maximum atomic E-state index is 12.1. The molecule has 0 bridgehead atoms. The number of hydrogen-bond donors (Lipinski definition) is 2. The Hall–Kier alpha value is -1.39. The zero-order chi connectivity index (χ0) is 14.3. The summed E-state index contributed by atoms with van der Waals surface area (Å²) in [4.78, 5) is 12.1. The van der Waals surface area contributed by atoms with Gasteiger partial charge in [0.15, 0.2) is 0 Å². The third-order valence-corrected chi connectivity index (χ3v) is 3.33. The van der Waals surface area contributed by atoms with Gasteiger partial charge in [0.1, 0.15) is 0 Å². The van der Waals surface area contributed by atoms with Gasteiger partial charge in [0.25, 0.3) is 5.91 Å². The van der Waals surface area contributed by atoms with Gasteiger partial charge in [0, 0.05) is 19.2 Å². The molecule has 0 radical (unpaired) electrons. The molecule has 1 aromatic rings. The van der Waals surface area contributed by atoms with Gasteiger partial charge in [-0.15, -0.1) is 0 Å². The lowest BCUT2D eigenvalue weighted by atomic mass is 10.0. The smallest absolute Gasteiger partial charge is 0.251 e. The monoisotopic (exact) mass is 265 g/mol. The third-order valence-electron chi connectivity index (χ3n) is 3.33. The Labute approximate surface area is 114 Å². The maximum Gasteiger partial charge on any atom is 0.251 e. The minimum Gasteiger partial charge on any atom is -0.391 e. The molecule has 0 saturated heterocycles. The first-order valence-corrected chi connectivity index (χ1v) is 6.63. The number of rotatable bonds is 7. The van der Waals surface area contributed by atoms with Crippen LogP contribution in [0.3, 0.4) is 0 Å². The second-order valence-electron chi connectivity index (χ2n) is 4.75. The van der Waals surface area contributed by atoms with Gasteiger partial charge in [0.2, 0.25) is 0 Å². The molecule has 1 rings (SSSR count). The highest BCUT2D eigenvalue weighted by Crippen LogP contribution is 2.11. The van der Waals surface area contributed by atoms with Crippen LogP contribution in [0.15, 0.2) is 24.3 Å². The molecule has 0 fully saturated rings. The van der Waals surface area contributed by atoms with Gasteiger partial charge in [-0.2, -0.15) is 0 Å². The van der Waals surface area contributed by atoms with E-state index in [2.05, 4.69) is 5.32 Å². The second kappa shape index (κ2) is 7.92. The van der Waals surface area contributed by atoms with E-state index in [-0.39, 0.29) is 18.4 Å². The van der Waals surface area contributed by atoms with Crippen molar-refractivity contribution in [3.63, 3.8) is 0 Å². The molecule has 4 heteroatoms. The molecule has 0 aliphatic rings. The van der Waals surface area contributed by atoms with Crippen LogP contribution in [0.25, 0.3) is 0 Å². The number of ether oxygens (including phenoxy) is 1. The number of aliphatic hydroxyl groups is 1. The topological polar surface area (TPSA) is 58.6 Å². The average Bonchev–Trinajstić information content (AvgIpc) is 2.44. The Morgan fingerprint density at radius 3 is 2.74 bits per heavy atom. The van der Waals surface area contributed by atoms with Crippen LogP contribution in [0.1, 0.15) is 36.2 Å². The molecule has 4 nitrogen and oxygen atoms in total. The van der Waals surface area contributed by atoms with Crippen LogP contribution in [-0.4, -0.2) is 30.8 Å². The molecule has 1 amide bonds. The lowest BCUT2D eigenvalue weighted by Crippen LogP contribution is -2.35. The highest BCUT2D eigenvalue weighted by atomic mass is 16.5. The van der Waals surface area contributed by atoms with Crippen molar-refractivity contribution in [3.05, 3.63) is 35.4 Å². The summed E-state index contributed by atoms with van der Waals surface area (Å²) in [6.07, 6.45) is 0.376. The number of hydrogen-bond acceptors (Lipinski definition) is 3. The van der Waals surface area contributed by atoms with E-state index in [9.17, 15) is 9.90 Å². The average molecular weight is 265 g/mol. The first kappa shape index (κ1) is 15.7. The molecular formula is C15H23NO3. The highest BCUT2D eigenvalue weighted by molar-refractivity contribution is 5.95. The summed E-state index contributed by atoms with van der Waals surface area (Å²) in [6, 6.07) is 7.32. The van der Waals surface area contributed by atoms with E-state index in [1.54, 1.807) is 13.2 Å². The van der Waals surface area contributed by atoms with Crippen molar-refractivity contribution < 1.29 is 14.6 Å². The molecule has 2 atom stereocenters. The van der Waals surface area contributed by atoms with Crippen molar-refractivity contribution >= 4 is 5.91 Å². The Balaban J connectivity index is 2.63. The number of aliphatic hydroxyl groups excluding tert-OH is 1. The second-order valence-corrected chi connectivity index (χ2v) is 4.75. The molecule has 19 heavy (non-hydrogen) atoms. The number of nitrogens with one attached hydrogen (secondary N) is 1. The van der Waals surface area contributed by atoms with Crippen LogP contribution in [0.5, 0.6) is 0 Å². The largest absolute Gasteiger partial charge is 0.391 e. The van der Waals surface area contributed by atoms with Crippen LogP contribution in [0, 0.1) is 5.92 Å². The van der Waals surface area contributed by atoms with E-state index in [1.807, 2.05) is 32.0 Å². The van der Waals surface area contributed by atoms with Gasteiger partial charge in [-0.05, 0) is 17.5 Å². The van der Waals surface area contributed by atoms with Crippen molar-refractivity contribution in [1.82, 2.24) is 5.32 Å². The predicted molar refractivity (Wildman–Crippen MR) is 75.0 cm³/mol. The summed E-state index contributed by atoms with van der Waals surface area (Å²) in [5, 5.41) is 12.6. The number of amides is 1. The number of carbonyl (C=O) groups excluding carboxylic acids is 1. The number of carbonyl (C=O) groups is 1. The van der Waals surface area contributed by atoms with Crippen molar-refractivity contribution in [2.24, 2.45) is 5.92 Å². The Kier molecular flexibility index (Phi) is 6.53. The maximum absolute atomic E-state index is 12.1. The van der Waals surface area contributed by atoms with E-state index >= 15 is 0 Å². The summed E-state index contributed by atoms with van der Waals surface area (Å²) < 4.78 is 5.07. The molecule has 0 heterocycles. The van der Waals surface area contributed by atoms with Crippen molar-refractivity contribution in [2.75, 3.05) is 13.7 Å². The molecule has 1 aromatic carbocycles. The van der Waals surface area contributed by atoms with Crippen molar-refractivity contribution in [2.45, 2.75) is 33.0 Å². The highest BCUT2D eigenvalue weighted by Gasteiger charge is 2.15. The van der Waals surface area contributed by atoms with Gasteiger partial charge in [0.05, 0.1) is 12.7 Å². The molecule has 106 valence electrons. The van der Waals surface area contributed by atoms with E-state index in [1.165, 1.54) is 0 Å². The van der Waals surface area contributed by atoms with Crippen molar-refractivity contribution in [1.29, 1.82) is 0 Å². The van der Waals surface area contributed by atoms with Crippen LogP contribution in [0.4, 0.5) is 0 Å². The fraction of sp³-hybridized carbons (Fsp3) is 0.533. The Morgan fingerprint density at radius 1 is 1.42 bits per heavy atom. The number of methoxy groups -OCH3 is 1. The molecule has 0 spiro atoms. The van der Waals surface area contributed by atoms with Gasteiger partial charge in [-0.25, -0.2) is 0 Å². The molecule has 2 N–H and O–H groups in total. The van der Waals surface area contributed by atoms with Crippen LogP contribution < -0.4 is 5.32 Å². The lowest BCUT2D eigenvalue weighted by molar-refractivity contribution is 0.0846. The molecule has 0 aromatic heterocycles. The van der Waals surface area contributed by atoms with Crippen LogP contribution in [0.2, 0.25) is 0 Å². The van der Waals surface area contributed by atoms with Gasteiger partial charge in [-0.3, -0.25) is 4.79 Å². The number of benzene rings is 1. The zero-order valence-electron chi connectivity index (χ0n) is 11.8. The fourth-order valence-corrected chi connectivity index (χ4v) is 1.79. The molecule has 2 unspecified atom stereocenters.